The van der Waals surface area contributed by atoms with Crippen molar-refractivity contribution in [3.05, 3.63) is 27.7 Å². The second kappa shape index (κ2) is 3.83. The smallest absolute Gasteiger partial charge is 0.339 e. The molecule has 5 heteroatoms. The summed E-state index contributed by atoms with van der Waals surface area (Å²) in [4.78, 5) is 10.8. The maximum atomic E-state index is 10.8. The van der Waals surface area contributed by atoms with E-state index in [1.54, 1.807) is 6.07 Å². The zero-order valence-corrected chi connectivity index (χ0v) is 9.41. The van der Waals surface area contributed by atoms with Crippen LogP contribution in [0.25, 0.3) is 0 Å². The fraction of sp³-hybridized carbons (Fsp3) is 0.300. The standard InChI is InChI=1S/C10H10BrNO3/c11-6-2-1-5(10(14)15)9(13)8(6)7-3-4-12-7/h1-2,7,12-13H,3-4H2,(H,14,15)/t7-/m0/s1. The van der Waals surface area contributed by atoms with Crippen LogP contribution in [-0.2, 0) is 0 Å². The lowest BCUT2D eigenvalue weighted by Crippen LogP contribution is -2.35. The molecule has 0 spiro atoms. The topological polar surface area (TPSA) is 69.6 Å². The summed E-state index contributed by atoms with van der Waals surface area (Å²) in [7, 11) is 0. The van der Waals surface area contributed by atoms with Gasteiger partial charge in [-0.2, -0.15) is 0 Å². The Kier molecular flexibility index (Phi) is 2.67. The van der Waals surface area contributed by atoms with Gasteiger partial charge in [0.15, 0.2) is 0 Å². The van der Waals surface area contributed by atoms with Gasteiger partial charge >= 0.3 is 5.97 Å². The van der Waals surface area contributed by atoms with Gasteiger partial charge in [-0.15, -0.1) is 0 Å². The number of phenols is 1. The summed E-state index contributed by atoms with van der Waals surface area (Å²) < 4.78 is 0.738. The third kappa shape index (κ3) is 1.72. The number of carboxylic acids is 1. The molecule has 80 valence electrons. The van der Waals surface area contributed by atoms with Crippen LogP contribution in [0, 0.1) is 0 Å². The molecule has 1 aromatic rings. The minimum atomic E-state index is -1.11. The summed E-state index contributed by atoms with van der Waals surface area (Å²) >= 11 is 3.31. The number of aromatic carboxylic acids is 1. The molecule has 2 rings (SSSR count). The largest absolute Gasteiger partial charge is 0.507 e. The van der Waals surface area contributed by atoms with Gasteiger partial charge in [-0.05, 0) is 25.1 Å². The van der Waals surface area contributed by atoms with E-state index in [1.807, 2.05) is 0 Å². The van der Waals surface area contributed by atoms with Crippen LogP contribution in [0.3, 0.4) is 0 Å². The first-order valence-corrected chi connectivity index (χ1v) is 5.38. The van der Waals surface area contributed by atoms with Gasteiger partial charge in [-0.3, -0.25) is 0 Å². The van der Waals surface area contributed by atoms with E-state index in [0.29, 0.717) is 5.56 Å². The third-order valence-corrected chi connectivity index (χ3v) is 3.26. The van der Waals surface area contributed by atoms with Gasteiger partial charge in [0, 0.05) is 16.1 Å². The molecule has 0 unspecified atom stereocenters. The minimum absolute atomic E-state index is 0.0538. The molecule has 0 bridgehead atoms. The van der Waals surface area contributed by atoms with Gasteiger partial charge in [0.25, 0.3) is 0 Å². The highest BCUT2D eigenvalue weighted by molar-refractivity contribution is 9.10. The van der Waals surface area contributed by atoms with Crippen molar-refractivity contribution in [2.75, 3.05) is 6.54 Å². The molecular weight excluding hydrogens is 262 g/mol. The zero-order chi connectivity index (χ0) is 11.0. The molecule has 0 aromatic heterocycles. The Morgan fingerprint density at radius 2 is 2.20 bits per heavy atom. The maximum absolute atomic E-state index is 10.8. The number of carbonyl (C=O) groups is 1. The Labute approximate surface area is 95.1 Å². The van der Waals surface area contributed by atoms with E-state index in [1.165, 1.54) is 6.07 Å². The van der Waals surface area contributed by atoms with Gasteiger partial charge in [-0.1, -0.05) is 15.9 Å². The van der Waals surface area contributed by atoms with E-state index >= 15 is 0 Å². The number of carboxylic acid groups (broad SMARTS) is 1. The Morgan fingerprint density at radius 1 is 1.53 bits per heavy atom. The fourth-order valence-electron chi connectivity index (χ4n) is 1.62. The van der Waals surface area contributed by atoms with Crippen LogP contribution < -0.4 is 5.32 Å². The monoisotopic (exact) mass is 271 g/mol. The van der Waals surface area contributed by atoms with E-state index in [0.717, 1.165) is 17.4 Å². The zero-order valence-electron chi connectivity index (χ0n) is 7.83. The summed E-state index contributed by atoms with van der Waals surface area (Å²) in [6.45, 7) is 0.897. The minimum Gasteiger partial charge on any atom is -0.507 e. The average Bonchev–Trinajstić information content (AvgIpc) is 2.08. The molecule has 1 heterocycles. The number of halogens is 1. The van der Waals surface area contributed by atoms with Crippen LogP contribution in [0.1, 0.15) is 28.4 Å². The molecule has 0 amide bonds. The van der Waals surface area contributed by atoms with E-state index in [2.05, 4.69) is 21.2 Å². The molecular formula is C10H10BrNO3. The van der Waals surface area contributed by atoms with Crippen molar-refractivity contribution in [3.8, 4) is 5.75 Å². The Balaban J connectivity index is 2.50. The molecule has 0 aliphatic carbocycles. The predicted molar refractivity (Wildman–Crippen MR) is 58.1 cm³/mol. The average molecular weight is 272 g/mol. The van der Waals surface area contributed by atoms with Crippen molar-refractivity contribution in [2.45, 2.75) is 12.5 Å². The van der Waals surface area contributed by atoms with Crippen molar-refractivity contribution in [2.24, 2.45) is 0 Å². The third-order valence-electron chi connectivity index (χ3n) is 2.57. The van der Waals surface area contributed by atoms with Gasteiger partial charge in [0.05, 0.1) is 0 Å². The molecule has 1 aliphatic rings. The van der Waals surface area contributed by atoms with Crippen LogP contribution >= 0.6 is 15.9 Å². The second-order valence-electron chi connectivity index (χ2n) is 3.46. The van der Waals surface area contributed by atoms with Gasteiger partial charge in [0.2, 0.25) is 0 Å². The first-order valence-electron chi connectivity index (χ1n) is 4.59. The Hall–Kier alpha value is -1.07. The molecule has 0 radical (unpaired) electrons. The molecule has 1 aliphatic heterocycles. The highest BCUT2D eigenvalue weighted by Crippen LogP contribution is 2.38. The van der Waals surface area contributed by atoms with Crippen LogP contribution in [0.5, 0.6) is 5.75 Å². The Bertz CT molecular complexity index is 415. The lowest BCUT2D eigenvalue weighted by Gasteiger charge is -2.29. The molecule has 1 aromatic carbocycles. The van der Waals surface area contributed by atoms with E-state index in [4.69, 9.17) is 5.11 Å². The lowest BCUT2D eigenvalue weighted by molar-refractivity contribution is 0.0693. The van der Waals surface area contributed by atoms with Crippen molar-refractivity contribution in [1.82, 2.24) is 5.32 Å². The van der Waals surface area contributed by atoms with Gasteiger partial charge in [-0.25, -0.2) is 4.79 Å². The van der Waals surface area contributed by atoms with Crippen molar-refractivity contribution < 1.29 is 15.0 Å². The maximum Gasteiger partial charge on any atom is 0.339 e. The number of hydrogen-bond donors (Lipinski definition) is 3. The van der Waals surface area contributed by atoms with Gasteiger partial charge < -0.3 is 15.5 Å². The van der Waals surface area contributed by atoms with Crippen LogP contribution in [0.4, 0.5) is 0 Å². The van der Waals surface area contributed by atoms with Crippen LogP contribution in [0.2, 0.25) is 0 Å². The van der Waals surface area contributed by atoms with Crippen LogP contribution in [0.15, 0.2) is 16.6 Å². The predicted octanol–water partition coefficient (Wildman–Crippen LogP) is 1.89. The number of nitrogens with one attached hydrogen (secondary N) is 1. The first-order chi connectivity index (χ1) is 7.11. The summed E-state index contributed by atoms with van der Waals surface area (Å²) in [5.41, 5.74) is 0.586. The molecule has 1 fully saturated rings. The van der Waals surface area contributed by atoms with E-state index < -0.39 is 5.97 Å². The highest BCUT2D eigenvalue weighted by Gasteiger charge is 2.26. The van der Waals surface area contributed by atoms with E-state index in [-0.39, 0.29) is 17.4 Å². The molecule has 0 saturated carbocycles. The van der Waals surface area contributed by atoms with Crippen molar-refractivity contribution in [1.29, 1.82) is 0 Å². The molecule has 1 saturated heterocycles. The second-order valence-corrected chi connectivity index (χ2v) is 4.31. The number of rotatable bonds is 2. The quantitative estimate of drug-likeness (QED) is 0.769. The van der Waals surface area contributed by atoms with Gasteiger partial charge in [0.1, 0.15) is 11.3 Å². The Morgan fingerprint density at radius 3 is 2.67 bits per heavy atom. The highest BCUT2D eigenvalue weighted by atomic mass is 79.9. The lowest BCUT2D eigenvalue weighted by atomic mass is 9.95. The van der Waals surface area contributed by atoms with Crippen molar-refractivity contribution in [3.63, 3.8) is 0 Å². The van der Waals surface area contributed by atoms with Crippen molar-refractivity contribution >= 4 is 21.9 Å². The summed E-state index contributed by atoms with van der Waals surface area (Å²) in [6, 6.07) is 3.10. The normalized spacial score (nSPS) is 19.7. The molecule has 4 nitrogen and oxygen atoms in total. The summed E-state index contributed by atoms with van der Waals surface area (Å²) in [5.74, 6) is -1.25. The number of aromatic hydroxyl groups is 1. The summed E-state index contributed by atoms with van der Waals surface area (Å²) in [6.07, 6.45) is 0.912. The first kappa shape index (κ1) is 10.4. The number of benzene rings is 1. The summed E-state index contributed by atoms with van der Waals surface area (Å²) in [5, 5.41) is 21.8. The SMILES string of the molecule is O=C(O)c1ccc(Br)c([C@@H]2CCN2)c1O. The molecule has 1 atom stereocenters. The number of hydrogen-bond acceptors (Lipinski definition) is 3. The van der Waals surface area contributed by atoms with Crippen LogP contribution in [-0.4, -0.2) is 22.7 Å². The molecule has 3 N–H and O–H groups in total. The fourth-order valence-corrected chi connectivity index (χ4v) is 2.22. The molecule has 15 heavy (non-hydrogen) atoms. The van der Waals surface area contributed by atoms with E-state index in [9.17, 15) is 9.90 Å².